The molecule has 0 atom stereocenters. The number of aromatic nitrogens is 3. The minimum atomic E-state index is -0.360. The van der Waals surface area contributed by atoms with Crippen LogP contribution in [-0.2, 0) is 13.0 Å². The molecule has 0 radical (unpaired) electrons. The van der Waals surface area contributed by atoms with Gasteiger partial charge in [0.05, 0.1) is 22.9 Å². The Hall–Kier alpha value is -2.59. The standard InChI is InChI=1S/C17H17N5O3S2/c1-8-6-12(21-25-8)15(23)20-17-19-11-4-5-22(7-13(11)27-17)16(24)14-9(2)18-10(3)26-14/h6H,4-5,7H2,1-3H3,(H,19,20,23). The molecule has 0 saturated carbocycles. The van der Waals surface area contributed by atoms with Crippen molar-refractivity contribution in [2.45, 2.75) is 33.7 Å². The van der Waals surface area contributed by atoms with Gasteiger partial charge in [-0.1, -0.05) is 16.5 Å². The number of nitrogens with one attached hydrogen (secondary N) is 1. The summed E-state index contributed by atoms with van der Waals surface area (Å²) in [6, 6.07) is 1.57. The Balaban J connectivity index is 1.48. The van der Waals surface area contributed by atoms with Crippen LogP contribution in [0.3, 0.4) is 0 Å². The van der Waals surface area contributed by atoms with Crippen LogP contribution in [0.2, 0.25) is 0 Å². The van der Waals surface area contributed by atoms with Crippen molar-refractivity contribution in [1.82, 2.24) is 20.0 Å². The number of carbonyl (C=O) groups is 2. The zero-order chi connectivity index (χ0) is 19.1. The van der Waals surface area contributed by atoms with Crippen LogP contribution in [0.25, 0.3) is 0 Å². The van der Waals surface area contributed by atoms with Gasteiger partial charge in [0, 0.05) is 23.9 Å². The summed E-state index contributed by atoms with van der Waals surface area (Å²) < 4.78 is 4.92. The fourth-order valence-corrected chi connectivity index (χ4v) is 4.84. The molecular formula is C17H17N5O3S2. The van der Waals surface area contributed by atoms with Crippen molar-refractivity contribution in [2.24, 2.45) is 0 Å². The molecule has 10 heteroatoms. The van der Waals surface area contributed by atoms with E-state index in [1.165, 1.54) is 22.7 Å². The second kappa shape index (κ2) is 6.86. The van der Waals surface area contributed by atoms with Crippen molar-refractivity contribution in [2.75, 3.05) is 11.9 Å². The van der Waals surface area contributed by atoms with Gasteiger partial charge in [-0.3, -0.25) is 14.9 Å². The molecule has 0 bridgehead atoms. The van der Waals surface area contributed by atoms with Crippen molar-refractivity contribution in [3.63, 3.8) is 0 Å². The largest absolute Gasteiger partial charge is 0.361 e. The quantitative estimate of drug-likeness (QED) is 0.721. The van der Waals surface area contributed by atoms with Crippen LogP contribution >= 0.6 is 22.7 Å². The summed E-state index contributed by atoms with van der Waals surface area (Å²) in [7, 11) is 0. The maximum atomic E-state index is 12.8. The third kappa shape index (κ3) is 3.50. The Morgan fingerprint density at radius 1 is 1.22 bits per heavy atom. The molecule has 3 aromatic heterocycles. The van der Waals surface area contributed by atoms with Gasteiger partial charge in [-0.15, -0.1) is 11.3 Å². The van der Waals surface area contributed by atoms with Crippen LogP contribution in [-0.4, -0.2) is 38.4 Å². The number of anilines is 1. The molecule has 0 unspecified atom stereocenters. The lowest BCUT2D eigenvalue weighted by molar-refractivity contribution is 0.0740. The van der Waals surface area contributed by atoms with Gasteiger partial charge in [-0.05, 0) is 20.8 Å². The van der Waals surface area contributed by atoms with Crippen molar-refractivity contribution in [1.29, 1.82) is 0 Å². The molecule has 8 nitrogen and oxygen atoms in total. The average molecular weight is 403 g/mol. The van der Waals surface area contributed by atoms with Gasteiger partial charge in [0.2, 0.25) is 0 Å². The fourth-order valence-electron chi connectivity index (χ4n) is 2.93. The molecule has 0 aromatic carbocycles. The van der Waals surface area contributed by atoms with Gasteiger partial charge in [0.1, 0.15) is 10.6 Å². The minimum absolute atomic E-state index is 0.000748. The molecule has 1 aliphatic rings. The normalized spacial score (nSPS) is 13.5. The highest BCUT2D eigenvalue weighted by Gasteiger charge is 2.27. The lowest BCUT2D eigenvalue weighted by Gasteiger charge is -2.25. The average Bonchev–Trinajstić information content (AvgIpc) is 3.31. The minimum Gasteiger partial charge on any atom is -0.361 e. The summed E-state index contributed by atoms with van der Waals surface area (Å²) in [6.45, 7) is 6.57. The monoisotopic (exact) mass is 403 g/mol. The molecule has 3 aromatic rings. The van der Waals surface area contributed by atoms with E-state index in [0.717, 1.165) is 21.3 Å². The Labute approximate surface area is 163 Å². The van der Waals surface area contributed by atoms with Gasteiger partial charge >= 0.3 is 0 Å². The van der Waals surface area contributed by atoms with Crippen molar-refractivity contribution < 1.29 is 14.1 Å². The highest BCUT2D eigenvalue weighted by Crippen LogP contribution is 2.30. The Bertz CT molecular complexity index is 1040. The van der Waals surface area contributed by atoms with Crippen LogP contribution in [0, 0.1) is 20.8 Å². The number of nitrogens with zero attached hydrogens (tertiary/aromatic N) is 4. The lowest BCUT2D eigenvalue weighted by Crippen LogP contribution is -2.35. The Kier molecular flexibility index (Phi) is 4.52. The van der Waals surface area contributed by atoms with E-state index in [4.69, 9.17) is 4.52 Å². The second-order valence-corrected chi connectivity index (χ2v) is 8.58. The first-order valence-corrected chi connectivity index (χ1v) is 10.0. The van der Waals surface area contributed by atoms with E-state index in [1.54, 1.807) is 13.0 Å². The number of aryl methyl sites for hydroxylation is 3. The van der Waals surface area contributed by atoms with Gasteiger partial charge in [0.15, 0.2) is 10.8 Å². The molecule has 140 valence electrons. The van der Waals surface area contributed by atoms with Crippen LogP contribution in [0.1, 0.15) is 47.2 Å². The molecule has 0 aliphatic carbocycles. The first kappa shape index (κ1) is 17.8. The van der Waals surface area contributed by atoms with Gasteiger partial charge in [-0.2, -0.15) is 0 Å². The highest BCUT2D eigenvalue weighted by molar-refractivity contribution is 7.16. The summed E-state index contributed by atoms with van der Waals surface area (Å²) in [4.78, 5) is 37.3. The van der Waals surface area contributed by atoms with E-state index in [0.29, 0.717) is 35.3 Å². The van der Waals surface area contributed by atoms with E-state index in [1.807, 2.05) is 18.7 Å². The smallest absolute Gasteiger partial charge is 0.279 e. The van der Waals surface area contributed by atoms with Gasteiger partial charge in [0.25, 0.3) is 11.8 Å². The molecule has 2 amide bonds. The molecule has 4 rings (SSSR count). The van der Waals surface area contributed by atoms with E-state index < -0.39 is 0 Å². The summed E-state index contributed by atoms with van der Waals surface area (Å²) in [5.41, 5.74) is 1.91. The fraction of sp³-hybridized carbons (Fsp3) is 0.353. The Morgan fingerprint density at radius 3 is 2.70 bits per heavy atom. The summed E-state index contributed by atoms with van der Waals surface area (Å²) >= 11 is 2.81. The number of fused-ring (bicyclic) bond motifs is 1. The van der Waals surface area contributed by atoms with Gasteiger partial charge < -0.3 is 9.42 Å². The zero-order valence-corrected chi connectivity index (χ0v) is 16.7. The van der Waals surface area contributed by atoms with E-state index >= 15 is 0 Å². The molecular weight excluding hydrogens is 386 g/mol. The van der Waals surface area contributed by atoms with Crippen LogP contribution in [0.4, 0.5) is 5.13 Å². The second-order valence-electron chi connectivity index (χ2n) is 6.29. The first-order valence-electron chi connectivity index (χ1n) is 8.37. The molecule has 27 heavy (non-hydrogen) atoms. The maximum Gasteiger partial charge on any atom is 0.279 e. The molecule has 0 fully saturated rings. The predicted molar refractivity (Wildman–Crippen MR) is 101 cm³/mol. The summed E-state index contributed by atoms with van der Waals surface area (Å²) in [6.07, 6.45) is 0.660. The summed E-state index contributed by atoms with van der Waals surface area (Å²) in [5, 5.41) is 7.85. The van der Waals surface area contributed by atoms with Crippen LogP contribution in [0.15, 0.2) is 10.6 Å². The van der Waals surface area contributed by atoms with Crippen LogP contribution < -0.4 is 5.32 Å². The van der Waals surface area contributed by atoms with Crippen molar-refractivity contribution in [3.05, 3.63) is 43.7 Å². The van der Waals surface area contributed by atoms with E-state index in [9.17, 15) is 9.59 Å². The Morgan fingerprint density at radius 2 is 2.04 bits per heavy atom. The van der Waals surface area contributed by atoms with E-state index in [2.05, 4.69) is 20.4 Å². The zero-order valence-electron chi connectivity index (χ0n) is 15.0. The number of hydrogen-bond acceptors (Lipinski definition) is 8. The predicted octanol–water partition coefficient (Wildman–Crippen LogP) is 2.96. The molecule has 1 aliphatic heterocycles. The lowest BCUT2D eigenvalue weighted by atomic mass is 10.1. The third-order valence-electron chi connectivity index (χ3n) is 4.20. The topological polar surface area (TPSA) is 101 Å². The number of hydrogen-bond donors (Lipinski definition) is 1. The molecule has 1 N–H and O–H groups in total. The SMILES string of the molecule is Cc1cc(C(=O)Nc2nc3c(s2)CN(C(=O)c2sc(C)nc2C)CC3)no1. The van der Waals surface area contributed by atoms with E-state index in [-0.39, 0.29) is 17.5 Å². The highest BCUT2D eigenvalue weighted by atomic mass is 32.1. The van der Waals surface area contributed by atoms with Crippen LogP contribution in [0.5, 0.6) is 0 Å². The number of rotatable bonds is 3. The molecule has 4 heterocycles. The van der Waals surface area contributed by atoms with Crippen molar-refractivity contribution in [3.8, 4) is 0 Å². The number of thiazole rings is 2. The van der Waals surface area contributed by atoms with Crippen molar-refractivity contribution >= 4 is 39.6 Å². The first-order chi connectivity index (χ1) is 12.9. The number of carbonyl (C=O) groups excluding carboxylic acids is 2. The van der Waals surface area contributed by atoms with Gasteiger partial charge in [-0.25, -0.2) is 9.97 Å². The summed E-state index contributed by atoms with van der Waals surface area (Å²) in [5.74, 6) is 0.212. The number of amides is 2. The molecule has 0 spiro atoms. The maximum absolute atomic E-state index is 12.8. The molecule has 0 saturated heterocycles. The third-order valence-corrected chi connectivity index (χ3v) is 6.26.